The predicted molar refractivity (Wildman–Crippen MR) is 94.7 cm³/mol. The van der Waals surface area contributed by atoms with Crippen LogP contribution in [0, 0.1) is 11.3 Å². The number of methoxy groups -OCH3 is 2. The molecule has 25 heavy (non-hydrogen) atoms. The van der Waals surface area contributed by atoms with Crippen LogP contribution in [0.2, 0.25) is 0 Å². The first-order chi connectivity index (χ1) is 12.0. The summed E-state index contributed by atoms with van der Waals surface area (Å²) in [5, 5.41) is 10.1. The van der Waals surface area contributed by atoms with Crippen LogP contribution in [0.25, 0.3) is 0 Å². The maximum Gasteiger partial charge on any atom is 0.219 e. The smallest absolute Gasteiger partial charge is 0.219 e. The lowest BCUT2D eigenvalue weighted by Crippen LogP contribution is -2.50. The molecule has 0 unspecified atom stereocenters. The lowest BCUT2D eigenvalue weighted by molar-refractivity contribution is -0.128. The second-order valence-corrected chi connectivity index (χ2v) is 7.31. The summed E-state index contributed by atoms with van der Waals surface area (Å²) in [6.45, 7) is 5.77. The lowest BCUT2D eigenvalue weighted by atomic mass is 9.74. The maximum absolute atomic E-state index is 11.8. The Labute approximate surface area is 149 Å². The molecule has 2 heterocycles. The number of benzene rings is 1. The molecule has 6 nitrogen and oxygen atoms in total. The summed E-state index contributed by atoms with van der Waals surface area (Å²) in [7, 11) is 3.27. The second kappa shape index (κ2) is 7.22. The van der Waals surface area contributed by atoms with E-state index < -0.39 is 0 Å². The Balaban J connectivity index is 1.72. The third kappa shape index (κ3) is 3.46. The molecule has 1 aromatic rings. The number of ether oxygens (including phenoxy) is 2. The highest BCUT2D eigenvalue weighted by atomic mass is 16.5. The lowest BCUT2D eigenvalue weighted by Gasteiger charge is -2.43. The van der Waals surface area contributed by atoms with Crippen molar-refractivity contribution >= 4 is 5.91 Å². The van der Waals surface area contributed by atoms with Crippen molar-refractivity contribution in [1.82, 2.24) is 9.80 Å². The monoisotopic (exact) mass is 348 g/mol. The molecule has 0 bridgehead atoms. The maximum atomic E-state index is 11.8. The number of fused-ring (bicyclic) bond motifs is 1. The van der Waals surface area contributed by atoms with Crippen molar-refractivity contribution in [3.05, 3.63) is 23.8 Å². The van der Waals surface area contributed by atoms with Gasteiger partial charge in [0.1, 0.15) is 0 Å². The Kier molecular flexibility index (Phi) is 5.20. The van der Waals surface area contributed by atoms with Gasteiger partial charge in [-0.15, -0.1) is 0 Å². The van der Waals surface area contributed by atoms with Crippen molar-refractivity contribution in [2.75, 3.05) is 47.0 Å². The summed E-state index contributed by atoms with van der Waals surface area (Å²) in [4.78, 5) is 16.0. The molecule has 2 aliphatic heterocycles. The number of aliphatic hydroxyl groups is 1. The van der Waals surface area contributed by atoms with E-state index in [1.807, 2.05) is 17.0 Å². The van der Waals surface area contributed by atoms with Gasteiger partial charge in [-0.1, -0.05) is 6.07 Å². The highest BCUT2D eigenvalue weighted by molar-refractivity contribution is 5.73. The van der Waals surface area contributed by atoms with Gasteiger partial charge in [0.2, 0.25) is 5.91 Å². The molecule has 1 N–H and O–H groups in total. The number of hydrogen-bond acceptors (Lipinski definition) is 5. The fourth-order valence-corrected chi connectivity index (χ4v) is 4.31. The van der Waals surface area contributed by atoms with E-state index in [0.29, 0.717) is 12.5 Å². The minimum Gasteiger partial charge on any atom is -0.493 e. The van der Waals surface area contributed by atoms with Gasteiger partial charge in [0.25, 0.3) is 0 Å². The Bertz CT molecular complexity index is 636. The first-order valence-electron chi connectivity index (χ1n) is 8.81. The molecule has 1 aromatic carbocycles. The molecule has 2 fully saturated rings. The van der Waals surface area contributed by atoms with Gasteiger partial charge in [-0.3, -0.25) is 9.69 Å². The van der Waals surface area contributed by atoms with Crippen LogP contribution in [0.1, 0.15) is 18.9 Å². The summed E-state index contributed by atoms with van der Waals surface area (Å²) >= 11 is 0. The number of amides is 1. The minimum atomic E-state index is -0.194. The summed E-state index contributed by atoms with van der Waals surface area (Å²) < 4.78 is 10.7. The zero-order valence-corrected chi connectivity index (χ0v) is 15.3. The molecular formula is C19H28N2O4. The molecule has 0 spiro atoms. The molecule has 0 aliphatic carbocycles. The van der Waals surface area contributed by atoms with E-state index in [1.165, 1.54) is 0 Å². The predicted octanol–water partition coefficient (Wildman–Crippen LogP) is 1.37. The highest BCUT2D eigenvalue weighted by Crippen LogP contribution is 2.42. The molecule has 0 aromatic heterocycles. The van der Waals surface area contributed by atoms with Gasteiger partial charge < -0.3 is 19.5 Å². The van der Waals surface area contributed by atoms with Crippen molar-refractivity contribution in [3.8, 4) is 11.5 Å². The molecule has 138 valence electrons. The molecule has 6 heteroatoms. The van der Waals surface area contributed by atoms with Crippen LogP contribution >= 0.6 is 0 Å². The van der Waals surface area contributed by atoms with Crippen LogP contribution in [-0.2, 0) is 11.3 Å². The number of nitrogens with zero attached hydrogens (tertiary/aromatic N) is 2. The number of rotatable bonds is 5. The fraction of sp³-hybridized carbons (Fsp3) is 0.632. The zero-order valence-electron chi connectivity index (χ0n) is 15.3. The molecule has 2 aliphatic rings. The fourth-order valence-electron chi connectivity index (χ4n) is 4.31. The Morgan fingerprint density at radius 1 is 1.28 bits per heavy atom. The van der Waals surface area contributed by atoms with E-state index >= 15 is 0 Å². The van der Waals surface area contributed by atoms with Crippen LogP contribution in [-0.4, -0.2) is 67.8 Å². The second-order valence-electron chi connectivity index (χ2n) is 7.31. The van der Waals surface area contributed by atoms with Gasteiger partial charge in [0.15, 0.2) is 11.5 Å². The molecule has 3 rings (SSSR count). The molecule has 0 radical (unpaired) electrons. The van der Waals surface area contributed by atoms with Gasteiger partial charge in [0.05, 0.1) is 20.8 Å². The molecule has 0 saturated carbocycles. The van der Waals surface area contributed by atoms with E-state index in [0.717, 1.165) is 49.7 Å². The first kappa shape index (κ1) is 18.0. The first-order valence-corrected chi connectivity index (χ1v) is 8.81. The minimum absolute atomic E-state index is 0.105. The number of likely N-dealkylation sites (tertiary alicyclic amines) is 2. The average molecular weight is 348 g/mol. The number of aliphatic hydroxyl groups excluding tert-OH is 1. The number of carbonyl (C=O) groups excluding carboxylic acids is 1. The van der Waals surface area contributed by atoms with Crippen LogP contribution in [0.4, 0.5) is 0 Å². The van der Waals surface area contributed by atoms with Crippen LogP contribution in [0.3, 0.4) is 0 Å². The van der Waals surface area contributed by atoms with Gasteiger partial charge in [-0.2, -0.15) is 0 Å². The topological polar surface area (TPSA) is 62.2 Å². The Morgan fingerprint density at radius 3 is 2.68 bits per heavy atom. The average Bonchev–Trinajstić information content (AvgIpc) is 3.01. The van der Waals surface area contributed by atoms with Crippen molar-refractivity contribution in [1.29, 1.82) is 0 Å². The van der Waals surface area contributed by atoms with Gasteiger partial charge in [-0.05, 0) is 36.6 Å². The van der Waals surface area contributed by atoms with Crippen molar-refractivity contribution in [2.45, 2.75) is 19.9 Å². The molecule has 1 amide bonds. The van der Waals surface area contributed by atoms with Crippen LogP contribution < -0.4 is 9.47 Å². The van der Waals surface area contributed by atoms with E-state index in [9.17, 15) is 9.90 Å². The van der Waals surface area contributed by atoms with Crippen molar-refractivity contribution < 1.29 is 19.4 Å². The van der Waals surface area contributed by atoms with Crippen LogP contribution in [0.5, 0.6) is 11.5 Å². The largest absolute Gasteiger partial charge is 0.493 e. The van der Waals surface area contributed by atoms with E-state index in [2.05, 4.69) is 11.0 Å². The van der Waals surface area contributed by atoms with Gasteiger partial charge >= 0.3 is 0 Å². The quantitative estimate of drug-likeness (QED) is 0.871. The Hall–Kier alpha value is -1.79. The number of piperidine rings is 1. The summed E-state index contributed by atoms with van der Waals surface area (Å²) in [6.07, 6.45) is 1.01. The SMILES string of the molecule is COc1ccc(CN2CC[C@H]3CN(C(C)=O)C[C@@]3(CO)C2)cc1OC. The van der Waals surface area contributed by atoms with E-state index in [1.54, 1.807) is 21.1 Å². The standard InChI is InChI=1S/C19H28N2O4/c1-14(23)21-10-16-6-7-20(11-19(16,12-21)13-22)9-15-4-5-17(24-2)18(8-15)25-3/h4-5,8,16,22H,6-7,9-13H2,1-3H3/t16-,19+/m0/s1. The summed E-state index contributed by atoms with van der Waals surface area (Å²) in [5.74, 6) is 1.96. The van der Waals surface area contributed by atoms with Gasteiger partial charge in [0, 0.05) is 38.5 Å². The number of carbonyl (C=O) groups is 1. The molecular weight excluding hydrogens is 320 g/mol. The number of hydrogen-bond donors (Lipinski definition) is 1. The zero-order chi connectivity index (χ0) is 18.0. The van der Waals surface area contributed by atoms with E-state index in [-0.39, 0.29) is 17.9 Å². The highest BCUT2D eigenvalue weighted by Gasteiger charge is 2.49. The molecule has 2 atom stereocenters. The Morgan fingerprint density at radius 2 is 2.04 bits per heavy atom. The normalized spacial score (nSPS) is 26.4. The summed E-state index contributed by atoms with van der Waals surface area (Å²) in [5.41, 5.74) is 0.964. The third-order valence-corrected chi connectivity index (χ3v) is 5.76. The summed E-state index contributed by atoms with van der Waals surface area (Å²) in [6, 6.07) is 5.98. The van der Waals surface area contributed by atoms with Crippen molar-refractivity contribution in [3.63, 3.8) is 0 Å². The third-order valence-electron chi connectivity index (χ3n) is 5.76. The molecule has 2 saturated heterocycles. The van der Waals surface area contributed by atoms with E-state index in [4.69, 9.17) is 9.47 Å². The van der Waals surface area contributed by atoms with Gasteiger partial charge in [-0.25, -0.2) is 0 Å². The van der Waals surface area contributed by atoms with Crippen LogP contribution in [0.15, 0.2) is 18.2 Å². The van der Waals surface area contributed by atoms with Crippen molar-refractivity contribution in [2.24, 2.45) is 11.3 Å².